The molecule has 1 fully saturated rings. The molecule has 3 rings (SSSR count). The third-order valence-electron chi connectivity index (χ3n) is 4.63. The number of cyclic esters (lactones) is 1. The Bertz CT molecular complexity index is 1010. The van der Waals surface area contributed by atoms with E-state index < -0.39 is 12.1 Å². The Morgan fingerprint density at radius 3 is 2.56 bits per heavy atom. The lowest BCUT2D eigenvalue weighted by Crippen LogP contribution is -2.24. The number of anilines is 1. The van der Waals surface area contributed by atoms with Crippen molar-refractivity contribution in [3.63, 3.8) is 0 Å². The van der Waals surface area contributed by atoms with Gasteiger partial charge in [-0.2, -0.15) is 0 Å². The molecule has 0 aliphatic carbocycles. The maximum Gasteiger partial charge on any atom is 0.410 e. The van der Waals surface area contributed by atoms with E-state index in [0.717, 1.165) is 0 Å². The van der Waals surface area contributed by atoms with Gasteiger partial charge in [-0.3, -0.25) is 9.59 Å². The van der Waals surface area contributed by atoms with E-state index in [1.54, 1.807) is 36.4 Å². The summed E-state index contributed by atoms with van der Waals surface area (Å²) >= 11 is 0. The topological polar surface area (TPSA) is 124 Å². The van der Waals surface area contributed by atoms with E-state index >= 15 is 0 Å². The standard InChI is InChI=1S/C22H24N2O8/c1-29-13-20(25)23-16-4-6-17(15(11-16)12-24-7-8-31-22(24)28)32-19-9-14(10-21(26)27)3-5-18(19)30-2/h3-6,9,11H,7-8,10,12-13H2,1-2H3,(H,23,25)(H,26,27). The van der Waals surface area contributed by atoms with Crippen molar-refractivity contribution in [3.8, 4) is 17.2 Å². The number of carboxylic acids is 1. The van der Waals surface area contributed by atoms with Gasteiger partial charge in [0.15, 0.2) is 11.5 Å². The van der Waals surface area contributed by atoms with Crippen LogP contribution in [0.5, 0.6) is 17.2 Å². The molecule has 2 amide bonds. The molecule has 0 bridgehead atoms. The monoisotopic (exact) mass is 444 g/mol. The molecule has 0 unspecified atom stereocenters. The fourth-order valence-corrected chi connectivity index (χ4v) is 3.19. The van der Waals surface area contributed by atoms with Crippen LogP contribution in [-0.4, -0.2) is 62.0 Å². The Hall–Kier alpha value is -3.79. The minimum absolute atomic E-state index is 0.0976. The summed E-state index contributed by atoms with van der Waals surface area (Å²) < 4.78 is 21.2. The highest BCUT2D eigenvalue weighted by atomic mass is 16.6. The minimum atomic E-state index is -0.967. The van der Waals surface area contributed by atoms with Gasteiger partial charge in [-0.1, -0.05) is 6.07 Å². The Morgan fingerprint density at radius 2 is 1.91 bits per heavy atom. The van der Waals surface area contributed by atoms with E-state index in [1.807, 2.05) is 0 Å². The van der Waals surface area contributed by atoms with E-state index in [4.69, 9.17) is 24.1 Å². The first kappa shape index (κ1) is 22.9. The van der Waals surface area contributed by atoms with Crippen LogP contribution in [0.3, 0.4) is 0 Å². The fraction of sp³-hybridized carbons (Fsp3) is 0.318. The number of benzene rings is 2. The van der Waals surface area contributed by atoms with Gasteiger partial charge in [-0.25, -0.2) is 4.79 Å². The lowest BCUT2D eigenvalue weighted by Gasteiger charge is -2.19. The smallest absolute Gasteiger partial charge is 0.410 e. The molecule has 10 nitrogen and oxygen atoms in total. The van der Waals surface area contributed by atoms with Gasteiger partial charge in [0.25, 0.3) is 0 Å². The second kappa shape index (κ2) is 10.5. The van der Waals surface area contributed by atoms with Gasteiger partial charge in [0, 0.05) is 18.4 Å². The van der Waals surface area contributed by atoms with Gasteiger partial charge in [-0.05, 0) is 35.9 Å². The van der Waals surface area contributed by atoms with Crippen molar-refractivity contribution in [1.29, 1.82) is 0 Å². The van der Waals surface area contributed by atoms with Gasteiger partial charge in [0.2, 0.25) is 5.91 Å². The van der Waals surface area contributed by atoms with Crippen molar-refractivity contribution in [2.45, 2.75) is 13.0 Å². The molecular formula is C22H24N2O8. The van der Waals surface area contributed by atoms with E-state index in [1.165, 1.54) is 19.1 Å². The number of aliphatic carboxylic acids is 1. The van der Waals surface area contributed by atoms with Crippen LogP contribution in [0.4, 0.5) is 10.5 Å². The first-order valence-corrected chi connectivity index (χ1v) is 9.79. The summed E-state index contributed by atoms with van der Waals surface area (Å²) in [5.74, 6) is -0.128. The summed E-state index contributed by atoms with van der Waals surface area (Å²) in [4.78, 5) is 36.4. The zero-order valence-corrected chi connectivity index (χ0v) is 17.8. The Kier molecular flexibility index (Phi) is 7.50. The fourth-order valence-electron chi connectivity index (χ4n) is 3.19. The summed E-state index contributed by atoms with van der Waals surface area (Å²) in [6.45, 7) is 0.819. The molecule has 0 atom stereocenters. The number of carbonyl (C=O) groups is 3. The first-order chi connectivity index (χ1) is 15.4. The van der Waals surface area contributed by atoms with Crippen molar-refractivity contribution < 1.29 is 38.4 Å². The molecule has 0 saturated carbocycles. The highest BCUT2D eigenvalue weighted by Crippen LogP contribution is 2.36. The van der Waals surface area contributed by atoms with Gasteiger partial charge < -0.3 is 34.3 Å². The average Bonchev–Trinajstić information content (AvgIpc) is 3.14. The summed E-state index contributed by atoms with van der Waals surface area (Å²) in [6, 6.07) is 9.88. The molecule has 32 heavy (non-hydrogen) atoms. The Balaban J connectivity index is 1.92. The number of hydrogen-bond donors (Lipinski definition) is 2. The number of hydrogen-bond acceptors (Lipinski definition) is 7. The van der Waals surface area contributed by atoms with Crippen molar-refractivity contribution in [1.82, 2.24) is 4.90 Å². The summed E-state index contributed by atoms with van der Waals surface area (Å²) in [6.07, 6.45) is -0.608. The van der Waals surface area contributed by atoms with Gasteiger partial charge in [-0.15, -0.1) is 0 Å². The van der Waals surface area contributed by atoms with Gasteiger partial charge in [0.1, 0.15) is 19.0 Å². The molecule has 1 saturated heterocycles. The molecule has 0 radical (unpaired) electrons. The maximum atomic E-state index is 11.9. The molecule has 1 heterocycles. The van der Waals surface area contributed by atoms with Crippen LogP contribution in [0.25, 0.3) is 0 Å². The summed E-state index contributed by atoms with van der Waals surface area (Å²) in [5, 5.41) is 11.8. The number of nitrogens with zero attached hydrogens (tertiary/aromatic N) is 1. The number of amides is 2. The Labute approximate surface area is 184 Å². The molecule has 2 aromatic rings. The highest BCUT2D eigenvalue weighted by Gasteiger charge is 2.24. The zero-order valence-electron chi connectivity index (χ0n) is 17.8. The van der Waals surface area contributed by atoms with E-state index in [2.05, 4.69) is 5.32 Å². The minimum Gasteiger partial charge on any atom is -0.493 e. The highest BCUT2D eigenvalue weighted by molar-refractivity contribution is 5.91. The van der Waals surface area contributed by atoms with Gasteiger partial charge >= 0.3 is 12.1 Å². The molecule has 0 aromatic heterocycles. The van der Waals surface area contributed by atoms with Crippen LogP contribution >= 0.6 is 0 Å². The van der Waals surface area contributed by atoms with E-state index in [0.29, 0.717) is 47.2 Å². The second-order valence-electron chi connectivity index (χ2n) is 7.00. The second-order valence-corrected chi connectivity index (χ2v) is 7.00. The quantitative estimate of drug-likeness (QED) is 0.573. The number of ether oxygens (including phenoxy) is 4. The van der Waals surface area contributed by atoms with Crippen LogP contribution in [0.15, 0.2) is 36.4 Å². The van der Waals surface area contributed by atoms with E-state index in [-0.39, 0.29) is 25.5 Å². The molecule has 10 heteroatoms. The largest absolute Gasteiger partial charge is 0.493 e. The summed E-state index contributed by atoms with van der Waals surface area (Å²) in [7, 11) is 2.90. The number of carboxylic acid groups (broad SMARTS) is 1. The van der Waals surface area contributed by atoms with E-state index in [9.17, 15) is 14.4 Å². The normalized spacial score (nSPS) is 12.9. The van der Waals surface area contributed by atoms with Crippen molar-refractivity contribution >= 4 is 23.7 Å². The number of carbonyl (C=O) groups excluding carboxylic acids is 2. The Morgan fingerprint density at radius 1 is 1.12 bits per heavy atom. The third-order valence-corrected chi connectivity index (χ3v) is 4.63. The van der Waals surface area contributed by atoms with Crippen molar-refractivity contribution in [2.75, 3.05) is 39.3 Å². The molecule has 1 aliphatic heterocycles. The molecule has 0 spiro atoms. The van der Waals surface area contributed by atoms with Crippen LogP contribution in [0, 0.1) is 0 Å². The number of rotatable bonds is 10. The lowest BCUT2D eigenvalue weighted by molar-refractivity contribution is -0.136. The molecule has 2 N–H and O–H groups in total. The predicted molar refractivity (Wildman–Crippen MR) is 113 cm³/mol. The van der Waals surface area contributed by atoms with Crippen molar-refractivity contribution in [3.05, 3.63) is 47.5 Å². The van der Waals surface area contributed by atoms with Crippen LogP contribution in [-0.2, 0) is 32.0 Å². The van der Waals surface area contributed by atoms with Crippen LogP contribution < -0.4 is 14.8 Å². The number of nitrogens with one attached hydrogen (secondary N) is 1. The molecule has 170 valence electrons. The van der Waals surface area contributed by atoms with Gasteiger partial charge in [0.05, 0.1) is 26.6 Å². The first-order valence-electron chi connectivity index (χ1n) is 9.79. The molecular weight excluding hydrogens is 420 g/mol. The van der Waals surface area contributed by atoms with Crippen LogP contribution in [0.1, 0.15) is 11.1 Å². The van der Waals surface area contributed by atoms with Crippen molar-refractivity contribution in [2.24, 2.45) is 0 Å². The maximum absolute atomic E-state index is 11.9. The summed E-state index contributed by atoms with van der Waals surface area (Å²) in [5.41, 5.74) is 1.67. The average molecular weight is 444 g/mol. The number of methoxy groups -OCH3 is 2. The zero-order chi connectivity index (χ0) is 23.1. The SMILES string of the molecule is COCC(=O)Nc1ccc(Oc2cc(CC(=O)O)ccc2OC)c(CN2CCOC2=O)c1. The van der Waals surface area contributed by atoms with Crippen LogP contribution in [0.2, 0.25) is 0 Å². The predicted octanol–water partition coefficient (Wildman–Crippen LogP) is 2.65. The molecule has 1 aliphatic rings. The molecule has 2 aromatic carbocycles. The lowest BCUT2D eigenvalue weighted by atomic mass is 10.1. The third kappa shape index (κ3) is 5.88.